The van der Waals surface area contributed by atoms with Crippen molar-refractivity contribution in [2.75, 3.05) is 18.1 Å². The van der Waals surface area contributed by atoms with E-state index in [1.165, 1.54) is 5.75 Å². The average Bonchev–Trinajstić information content (AvgIpc) is 2.88. The van der Waals surface area contributed by atoms with Gasteiger partial charge in [0, 0.05) is 16.1 Å². The minimum absolute atomic E-state index is 0.0654. The third-order valence-corrected chi connectivity index (χ3v) is 5.71. The fraction of sp³-hybridized carbons (Fsp3) is 0.538. The second-order valence-corrected chi connectivity index (χ2v) is 6.81. The molecule has 5 heteroatoms. The molecule has 1 heterocycles. The Bertz CT molecular complexity index is 424. The topological polar surface area (TPSA) is 12.0 Å². The van der Waals surface area contributed by atoms with Crippen molar-refractivity contribution in [3.63, 3.8) is 0 Å². The van der Waals surface area contributed by atoms with E-state index in [-0.39, 0.29) is 16.9 Å². The van der Waals surface area contributed by atoms with Gasteiger partial charge in [0.1, 0.15) is 5.82 Å². The number of hydrogen-bond donors (Lipinski definition) is 1. The first kappa shape index (κ1) is 14.6. The van der Waals surface area contributed by atoms with Crippen LogP contribution in [0.4, 0.5) is 4.39 Å². The van der Waals surface area contributed by atoms with Gasteiger partial charge in [0.2, 0.25) is 0 Å². The molecule has 0 bridgehead atoms. The largest absolute Gasteiger partial charge is 0.310 e. The van der Waals surface area contributed by atoms with Crippen molar-refractivity contribution in [1.29, 1.82) is 0 Å². The Labute approximate surface area is 125 Å². The SMILES string of the molecule is CCNC(c1ccc(Br)c(Cl)c1F)C1CCSC1. The highest BCUT2D eigenvalue weighted by molar-refractivity contribution is 9.10. The molecule has 18 heavy (non-hydrogen) atoms. The van der Waals surface area contributed by atoms with E-state index in [1.807, 2.05) is 30.8 Å². The second kappa shape index (κ2) is 6.60. The van der Waals surface area contributed by atoms with E-state index in [1.54, 1.807) is 0 Å². The highest BCUT2D eigenvalue weighted by Crippen LogP contribution is 2.38. The van der Waals surface area contributed by atoms with E-state index < -0.39 is 0 Å². The zero-order chi connectivity index (χ0) is 13.1. The fourth-order valence-electron chi connectivity index (χ4n) is 2.35. The monoisotopic (exact) mass is 351 g/mol. The first-order valence-electron chi connectivity index (χ1n) is 6.09. The van der Waals surface area contributed by atoms with E-state index >= 15 is 0 Å². The zero-order valence-electron chi connectivity index (χ0n) is 10.2. The fourth-order valence-corrected chi connectivity index (χ4v) is 4.12. The van der Waals surface area contributed by atoms with Gasteiger partial charge in [-0.15, -0.1) is 0 Å². The maximum atomic E-state index is 14.3. The average molecular weight is 353 g/mol. The number of benzene rings is 1. The Morgan fingerprint density at radius 2 is 2.39 bits per heavy atom. The van der Waals surface area contributed by atoms with Crippen molar-refractivity contribution in [3.8, 4) is 0 Å². The van der Waals surface area contributed by atoms with Gasteiger partial charge < -0.3 is 5.32 Å². The molecule has 0 saturated carbocycles. The summed E-state index contributed by atoms with van der Waals surface area (Å²) in [7, 11) is 0. The minimum atomic E-state index is -0.297. The Morgan fingerprint density at radius 1 is 1.61 bits per heavy atom. The summed E-state index contributed by atoms with van der Waals surface area (Å²) in [5.41, 5.74) is 0.692. The summed E-state index contributed by atoms with van der Waals surface area (Å²) in [5, 5.41) is 3.58. The summed E-state index contributed by atoms with van der Waals surface area (Å²) in [6.07, 6.45) is 1.13. The summed E-state index contributed by atoms with van der Waals surface area (Å²) in [5.74, 6) is 2.44. The predicted molar refractivity (Wildman–Crippen MR) is 81.0 cm³/mol. The summed E-state index contributed by atoms with van der Waals surface area (Å²) >= 11 is 11.2. The molecule has 100 valence electrons. The second-order valence-electron chi connectivity index (χ2n) is 4.42. The van der Waals surface area contributed by atoms with E-state index in [9.17, 15) is 4.39 Å². The first-order chi connectivity index (χ1) is 8.65. The predicted octanol–water partition coefficient (Wildman–Crippen LogP) is 4.65. The van der Waals surface area contributed by atoms with Crippen LogP contribution < -0.4 is 5.32 Å². The Balaban J connectivity index is 2.32. The van der Waals surface area contributed by atoms with Gasteiger partial charge in [-0.25, -0.2) is 4.39 Å². The van der Waals surface area contributed by atoms with Crippen LogP contribution in [-0.4, -0.2) is 18.1 Å². The number of thioether (sulfide) groups is 1. The maximum absolute atomic E-state index is 14.3. The molecule has 1 aromatic carbocycles. The lowest BCUT2D eigenvalue weighted by Gasteiger charge is -2.25. The lowest BCUT2D eigenvalue weighted by atomic mass is 9.92. The number of halogens is 3. The molecule has 1 N–H and O–H groups in total. The van der Waals surface area contributed by atoms with Crippen LogP contribution in [0.3, 0.4) is 0 Å². The van der Waals surface area contributed by atoms with Crippen molar-refractivity contribution >= 4 is 39.3 Å². The van der Waals surface area contributed by atoms with E-state index in [4.69, 9.17) is 11.6 Å². The van der Waals surface area contributed by atoms with Gasteiger partial charge in [-0.05, 0) is 52.4 Å². The van der Waals surface area contributed by atoms with Gasteiger partial charge in [-0.2, -0.15) is 11.8 Å². The van der Waals surface area contributed by atoms with Crippen LogP contribution in [0.5, 0.6) is 0 Å². The van der Waals surface area contributed by atoms with Gasteiger partial charge in [-0.3, -0.25) is 0 Å². The van der Waals surface area contributed by atoms with Crippen molar-refractivity contribution < 1.29 is 4.39 Å². The molecule has 1 saturated heterocycles. The number of nitrogens with one attached hydrogen (secondary N) is 1. The van der Waals surface area contributed by atoms with Crippen molar-refractivity contribution in [3.05, 3.63) is 33.0 Å². The molecule has 0 radical (unpaired) electrons. The maximum Gasteiger partial charge on any atom is 0.147 e. The normalized spacial score (nSPS) is 21.2. The number of hydrogen-bond acceptors (Lipinski definition) is 2. The molecule has 1 aliphatic heterocycles. The first-order valence-corrected chi connectivity index (χ1v) is 8.42. The molecule has 1 nitrogen and oxygen atoms in total. The Hall–Kier alpha value is 0.230. The number of rotatable bonds is 4. The molecule has 0 spiro atoms. The van der Waals surface area contributed by atoms with E-state index in [2.05, 4.69) is 21.2 Å². The lowest BCUT2D eigenvalue weighted by Crippen LogP contribution is -2.29. The van der Waals surface area contributed by atoms with Crippen LogP contribution in [0.15, 0.2) is 16.6 Å². The van der Waals surface area contributed by atoms with Gasteiger partial charge in [0.05, 0.1) is 5.02 Å². The third kappa shape index (κ3) is 3.03. The lowest BCUT2D eigenvalue weighted by molar-refractivity contribution is 0.388. The molecular formula is C13H16BrClFNS. The zero-order valence-corrected chi connectivity index (χ0v) is 13.3. The van der Waals surface area contributed by atoms with Crippen LogP contribution in [0, 0.1) is 11.7 Å². The molecule has 2 unspecified atom stereocenters. The van der Waals surface area contributed by atoms with Crippen LogP contribution in [0.2, 0.25) is 5.02 Å². The van der Waals surface area contributed by atoms with Crippen LogP contribution in [0.1, 0.15) is 24.9 Å². The highest BCUT2D eigenvalue weighted by atomic mass is 79.9. The third-order valence-electron chi connectivity index (χ3n) is 3.26. The summed E-state index contributed by atoms with van der Waals surface area (Å²) < 4.78 is 14.9. The van der Waals surface area contributed by atoms with Gasteiger partial charge in [0.15, 0.2) is 0 Å². The summed E-state index contributed by atoms with van der Waals surface area (Å²) in [4.78, 5) is 0. The smallest absolute Gasteiger partial charge is 0.147 e. The molecule has 2 rings (SSSR count). The van der Waals surface area contributed by atoms with Gasteiger partial charge in [-0.1, -0.05) is 24.6 Å². The van der Waals surface area contributed by atoms with Crippen molar-refractivity contribution in [1.82, 2.24) is 5.32 Å². The molecule has 0 aromatic heterocycles. The quantitative estimate of drug-likeness (QED) is 0.792. The molecule has 0 amide bonds. The van der Waals surface area contributed by atoms with Crippen LogP contribution >= 0.6 is 39.3 Å². The Morgan fingerprint density at radius 3 is 3.00 bits per heavy atom. The molecular weight excluding hydrogens is 337 g/mol. The van der Waals surface area contributed by atoms with E-state index in [0.717, 1.165) is 18.7 Å². The molecule has 1 aliphatic rings. The van der Waals surface area contributed by atoms with Crippen molar-refractivity contribution in [2.45, 2.75) is 19.4 Å². The van der Waals surface area contributed by atoms with Crippen LogP contribution in [-0.2, 0) is 0 Å². The molecule has 1 aromatic rings. The minimum Gasteiger partial charge on any atom is -0.310 e. The highest BCUT2D eigenvalue weighted by Gasteiger charge is 2.29. The Kier molecular flexibility index (Phi) is 5.36. The van der Waals surface area contributed by atoms with Gasteiger partial charge >= 0.3 is 0 Å². The molecule has 1 fully saturated rings. The van der Waals surface area contributed by atoms with Crippen molar-refractivity contribution in [2.24, 2.45) is 5.92 Å². The molecule has 2 atom stereocenters. The molecule has 0 aliphatic carbocycles. The van der Waals surface area contributed by atoms with Crippen LogP contribution in [0.25, 0.3) is 0 Å². The van der Waals surface area contributed by atoms with Gasteiger partial charge in [0.25, 0.3) is 0 Å². The van der Waals surface area contributed by atoms with E-state index in [0.29, 0.717) is 16.0 Å². The standard InChI is InChI=1S/C13H16BrClFNS/c1-2-17-13(8-5-6-18-7-8)9-3-4-10(14)11(15)12(9)16/h3-4,8,13,17H,2,5-7H2,1H3. The summed E-state index contributed by atoms with van der Waals surface area (Å²) in [6, 6.07) is 3.73. The summed E-state index contributed by atoms with van der Waals surface area (Å²) in [6.45, 7) is 2.88.